The lowest BCUT2D eigenvalue weighted by molar-refractivity contribution is -0.384. The average Bonchev–Trinajstić information content (AvgIpc) is 3.01. The molecule has 0 bridgehead atoms. The number of non-ortho nitro benzene ring substituents is 1. The Bertz CT molecular complexity index is 521. The third-order valence-electron chi connectivity index (χ3n) is 3.33. The highest BCUT2D eigenvalue weighted by Gasteiger charge is 2.15. The first-order valence-corrected chi connectivity index (χ1v) is 8.03. The number of hydrogen-bond acceptors (Lipinski definition) is 4. The molecule has 1 atom stereocenters. The van der Waals surface area contributed by atoms with Crippen LogP contribution in [-0.2, 0) is 6.54 Å². The number of aliphatic imine (C=N–C) groups is 1. The van der Waals surface area contributed by atoms with Crippen molar-refractivity contribution < 1.29 is 4.92 Å². The molecule has 0 amide bonds. The van der Waals surface area contributed by atoms with E-state index in [4.69, 9.17) is 0 Å². The molecular formula is C14H21IN4O2S. The van der Waals surface area contributed by atoms with Crippen molar-refractivity contribution in [3.63, 3.8) is 0 Å². The number of guanidine groups is 1. The molecule has 6 nitrogen and oxygen atoms in total. The Labute approximate surface area is 151 Å². The van der Waals surface area contributed by atoms with Crippen LogP contribution in [0.5, 0.6) is 0 Å². The maximum atomic E-state index is 10.7. The molecule has 22 heavy (non-hydrogen) atoms. The van der Waals surface area contributed by atoms with Gasteiger partial charge in [0, 0.05) is 37.5 Å². The number of nitro groups is 1. The molecule has 0 spiro atoms. The van der Waals surface area contributed by atoms with Crippen molar-refractivity contribution in [2.75, 3.05) is 19.3 Å². The van der Waals surface area contributed by atoms with Crippen LogP contribution in [0.3, 0.4) is 0 Å². The third-order valence-corrected chi connectivity index (χ3v) is 4.72. The van der Waals surface area contributed by atoms with Crippen LogP contribution >= 0.6 is 35.7 Å². The summed E-state index contributed by atoms with van der Waals surface area (Å²) in [5, 5.41) is 17.9. The summed E-state index contributed by atoms with van der Waals surface area (Å²) in [5.74, 6) is 1.97. The highest BCUT2D eigenvalue weighted by molar-refractivity contribution is 14.0. The summed E-state index contributed by atoms with van der Waals surface area (Å²) in [6, 6.07) is 6.63. The van der Waals surface area contributed by atoms with E-state index >= 15 is 0 Å². The molecule has 1 saturated heterocycles. The summed E-state index contributed by atoms with van der Waals surface area (Å²) < 4.78 is 0. The first-order valence-electron chi connectivity index (χ1n) is 6.98. The molecule has 1 aromatic carbocycles. The number of rotatable bonds is 5. The number of nitrogens with one attached hydrogen (secondary N) is 2. The molecule has 1 fully saturated rings. The molecule has 0 aromatic heterocycles. The standard InChI is InChI=1S/C14H20N4O2S.HI/c1-15-14(17-10-13-6-3-7-21-13)16-9-11-4-2-5-12(8-11)18(19)20;/h2,4-5,8,13H,3,6-7,9-10H2,1H3,(H2,15,16,17);1H. The van der Waals surface area contributed by atoms with Crippen LogP contribution in [0.1, 0.15) is 18.4 Å². The maximum absolute atomic E-state index is 10.7. The molecule has 2 rings (SSSR count). The number of halogens is 1. The largest absolute Gasteiger partial charge is 0.355 e. The highest BCUT2D eigenvalue weighted by atomic mass is 127. The number of nitro benzene ring substituents is 1. The molecular weight excluding hydrogens is 415 g/mol. The second kappa shape index (κ2) is 9.88. The molecule has 0 saturated carbocycles. The van der Waals surface area contributed by atoms with Crippen LogP contribution < -0.4 is 10.6 Å². The normalized spacial score (nSPS) is 17.7. The van der Waals surface area contributed by atoms with Gasteiger partial charge in [0.15, 0.2) is 5.96 Å². The van der Waals surface area contributed by atoms with E-state index < -0.39 is 0 Å². The lowest BCUT2D eigenvalue weighted by atomic mass is 10.2. The summed E-state index contributed by atoms with van der Waals surface area (Å²) in [7, 11) is 1.73. The fourth-order valence-electron chi connectivity index (χ4n) is 2.20. The number of thioether (sulfide) groups is 1. The van der Waals surface area contributed by atoms with Gasteiger partial charge in [-0.15, -0.1) is 24.0 Å². The Hall–Kier alpha value is -1.03. The Kier molecular flexibility index (Phi) is 8.54. The van der Waals surface area contributed by atoms with Crippen LogP contribution in [0.4, 0.5) is 5.69 Å². The van der Waals surface area contributed by atoms with E-state index in [1.807, 2.05) is 17.8 Å². The second-order valence-electron chi connectivity index (χ2n) is 4.87. The predicted octanol–water partition coefficient (Wildman–Crippen LogP) is 2.77. The van der Waals surface area contributed by atoms with Gasteiger partial charge in [-0.3, -0.25) is 15.1 Å². The first kappa shape index (κ1) is 19.0. The maximum Gasteiger partial charge on any atom is 0.269 e. The quantitative estimate of drug-likeness (QED) is 0.244. The van der Waals surface area contributed by atoms with Gasteiger partial charge in [-0.2, -0.15) is 11.8 Å². The minimum atomic E-state index is -0.381. The monoisotopic (exact) mass is 436 g/mol. The van der Waals surface area contributed by atoms with Gasteiger partial charge in [-0.1, -0.05) is 12.1 Å². The highest BCUT2D eigenvalue weighted by Crippen LogP contribution is 2.25. The molecule has 1 aromatic rings. The molecule has 2 N–H and O–H groups in total. The summed E-state index contributed by atoms with van der Waals surface area (Å²) in [5.41, 5.74) is 0.974. The van der Waals surface area contributed by atoms with E-state index in [2.05, 4.69) is 15.6 Å². The van der Waals surface area contributed by atoms with Gasteiger partial charge in [0.05, 0.1) is 4.92 Å². The summed E-state index contributed by atoms with van der Waals surface area (Å²) >= 11 is 1.99. The topological polar surface area (TPSA) is 79.6 Å². The minimum absolute atomic E-state index is 0. The van der Waals surface area contributed by atoms with E-state index in [1.165, 1.54) is 24.7 Å². The first-order chi connectivity index (χ1) is 10.2. The molecule has 8 heteroatoms. The summed E-state index contributed by atoms with van der Waals surface area (Å²) in [6.45, 7) is 1.42. The smallest absolute Gasteiger partial charge is 0.269 e. The fraction of sp³-hybridized carbons (Fsp3) is 0.500. The molecule has 122 valence electrons. The SMILES string of the molecule is CN=C(NCc1cccc([N+](=O)[O-])c1)NCC1CCCS1.I. The van der Waals surface area contributed by atoms with Crippen LogP contribution in [0.15, 0.2) is 29.3 Å². The van der Waals surface area contributed by atoms with E-state index in [9.17, 15) is 10.1 Å². The molecule has 0 radical (unpaired) electrons. The van der Waals surface area contributed by atoms with Gasteiger partial charge in [-0.05, 0) is 24.2 Å². The van der Waals surface area contributed by atoms with E-state index in [-0.39, 0.29) is 34.6 Å². The number of hydrogen-bond donors (Lipinski definition) is 2. The van der Waals surface area contributed by atoms with E-state index in [0.717, 1.165) is 18.1 Å². The molecule has 1 aliphatic rings. The van der Waals surface area contributed by atoms with Crippen molar-refractivity contribution in [3.05, 3.63) is 39.9 Å². The van der Waals surface area contributed by atoms with Gasteiger partial charge in [0.25, 0.3) is 5.69 Å². The zero-order chi connectivity index (χ0) is 15.1. The Morgan fingerprint density at radius 1 is 1.50 bits per heavy atom. The zero-order valence-electron chi connectivity index (χ0n) is 12.4. The Morgan fingerprint density at radius 3 is 2.95 bits per heavy atom. The lowest BCUT2D eigenvalue weighted by Gasteiger charge is -2.14. The summed E-state index contributed by atoms with van der Waals surface area (Å²) in [4.78, 5) is 14.5. The fourth-order valence-corrected chi connectivity index (χ4v) is 3.40. The second-order valence-corrected chi connectivity index (χ2v) is 6.28. The van der Waals surface area contributed by atoms with Crippen molar-refractivity contribution in [1.29, 1.82) is 0 Å². The van der Waals surface area contributed by atoms with Crippen molar-refractivity contribution >= 4 is 47.4 Å². The van der Waals surface area contributed by atoms with Gasteiger partial charge in [0.1, 0.15) is 0 Å². The third kappa shape index (κ3) is 5.99. The molecule has 1 heterocycles. The van der Waals surface area contributed by atoms with Crippen molar-refractivity contribution in [3.8, 4) is 0 Å². The predicted molar refractivity (Wildman–Crippen MR) is 102 cm³/mol. The van der Waals surface area contributed by atoms with Gasteiger partial charge in [-0.25, -0.2) is 0 Å². The van der Waals surface area contributed by atoms with Crippen LogP contribution in [0.25, 0.3) is 0 Å². The Morgan fingerprint density at radius 2 is 2.32 bits per heavy atom. The van der Waals surface area contributed by atoms with Crippen LogP contribution in [0.2, 0.25) is 0 Å². The average molecular weight is 436 g/mol. The minimum Gasteiger partial charge on any atom is -0.355 e. The molecule has 1 aliphatic heterocycles. The summed E-state index contributed by atoms with van der Waals surface area (Å²) in [6.07, 6.45) is 2.54. The number of benzene rings is 1. The Balaban J connectivity index is 0.00000242. The van der Waals surface area contributed by atoms with Crippen LogP contribution in [0, 0.1) is 10.1 Å². The van der Waals surface area contributed by atoms with Gasteiger partial charge in [0.2, 0.25) is 0 Å². The van der Waals surface area contributed by atoms with Crippen molar-refractivity contribution in [1.82, 2.24) is 10.6 Å². The van der Waals surface area contributed by atoms with Crippen molar-refractivity contribution in [2.24, 2.45) is 4.99 Å². The van der Waals surface area contributed by atoms with Gasteiger partial charge >= 0.3 is 0 Å². The van der Waals surface area contributed by atoms with Crippen LogP contribution in [-0.4, -0.2) is 35.5 Å². The molecule has 1 unspecified atom stereocenters. The van der Waals surface area contributed by atoms with Crippen molar-refractivity contribution in [2.45, 2.75) is 24.6 Å². The zero-order valence-corrected chi connectivity index (χ0v) is 15.6. The van der Waals surface area contributed by atoms with E-state index in [0.29, 0.717) is 11.8 Å². The van der Waals surface area contributed by atoms with E-state index in [1.54, 1.807) is 19.2 Å². The molecule has 0 aliphatic carbocycles. The lowest BCUT2D eigenvalue weighted by Crippen LogP contribution is -2.39. The number of nitrogens with zero attached hydrogens (tertiary/aromatic N) is 2. The van der Waals surface area contributed by atoms with Gasteiger partial charge < -0.3 is 10.6 Å².